The number of Topliss-reactive ketones (excluding diaryl/α,β-unsaturated/α-hetero) is 1. The molecule has 0 radical (unpaired) electrons. The van der Waals surface area contributed by atoms with E-state index in [1.807, 2.05) is 6.92 Å². The van der Waals surface area contributed by atoms with Crippen LogP contribution in [0.2, 0.25) is 0 Å². The van der Waals surface area contributed by atoms with Crippen molar-refractivity contribution in [2.45, 2.75) is 58.1 Å². The highest BCUT2D eigenvalue weighted by Gasteiger charge is 2.33. The summed E-state index contributed by atoms with van der Waals surface area (Å²) in [5, 5.41) is 9.38. The monoisotopic (exact) mass is 330 g/mol. The molecule has 0 aromatic carbocycles. The highest BCUT2D eigenvalue weighted by molar-refractivity contribution is 8.14. The predicted octanol–water partition coefficient (Wildman–Crippen LogP) is 4.18. The van der Waals surface area contributed by atoms with Crippen LogP contribution in [0.5, 0.6) is 0 Å². The first-order chi connectivity index (χ1) is 9.90. The standard InChI is InChI=1S/C16H26O3S2/c1-4-21-16(19)12(13(17)10(2)3)14(18)15(20)11-8-6-5-7-9-11/h10-11,15,17,20H,4-9H2,1-3H3/b13-12+. The summed E-state index contributed by atoms with van der Waals surface area (Å²) in [7, 11) is 0. The van der Waals surface area contributed by atoms with Crippen LogP contribution in [-0.2, 0) is 9.59 Å². The van der Waals surface area contributed by atoms with Crippen LogP contribution >= 0.6 is 24.4 Å². The largest absolute Gasteiger partial charge is 0.511 e. The number of thioether (sulfide) groups is 1. The molecular formula is C16H26O3S2. The molecule has 0 heterocycles. The minimum absolute atomic E-state index is 0.0394. The van der Waals surface area contributed by atoms with Crippen LogP contribution in [0.4, 0.5) is 0 Å². The lowest BCUT2D eigenvalue weighted by Crippen LogP contribution is -2.31. The fraction of sp³-hybridized carbons (Fsp3) is 0.750. The van der Waals surface area contributed by atoms with Gasteiger partial charge in [0.1, 0.15) is 11.3 Å². The van der Waals surface area contributed by atoms with Crippen molar-refractivity contribution in [3.05, 3.63) is 11.3 Å². The van der Waals surface area contributed by atoms with E-state index in [2.05, 4.69) is 12.6 Å². The summed E-state index contributed by atoms with van der Waals surface area (Å²) < 4.78 is 0. The normalized spacial score (nSPS) is 19.3. The molecule has 3 nitrogen and oxygen atoms in total. The summed E-state index contributed by atoms with van der Waals surface area (Å²) in [6.07, 6.45) is 5.38. The van der Waals surface area contributed by atoms with Crippen LogP contribution < -0.4 is 0 Å². The number of hydrogen-bond acceptors (Lipinski definition) is 5. The molecule has 0 aromatic rings. The molecule has 0 aliphatic heterocycles. The first-order valence-electron chi connectivity index (χ1n) is 7.72. The number of allylic oxidation sites excluding steroid dienone is 1. The van der Waals surface area contributed by atoms with E-state index in [4.69, 9.17) is 0 Å². The Morgan fingerprint density at radius 1 is 1.24 bits per heavy atom. The molecule has 1 atom stereocenters. The molecule has 0 aromatic heterocycles. The van der Waals surface area contributed by atoms with Crippen molar-refractivity contribution in [1.82, 2.24) is 0 Å². The number of ketones is 1. The van der Waals surface area contributed by atoms with Gasteiger partial charge in [-0.1, -0.05) is 51.8 Å². The Morgan fingerprint density at radius 3 is 2.29 bits per heavy atom. The Morgan fingerprint density at radius 2 is 1.81 bits per heavy atom. The van der Waals surface area contributed by atoms with E-state index in [1.165, 1.54) is 6.42 Å². The predicted molar refractivity (Wildman–Crippen MR) is 92.0 cm³/mol. The van der Waals surface area contributed by atoms with E-state index < -0.39 is 5.25 Å². The molecule has 1 aliphatic carbocycles. The Balaban J connectivity index is 2.99. The number of thiol groups is 1. The lowest BCUT2D eigenvalue weighted by molar-refractivity contribution is -0.119. The SMILES string of the molecule is CCSC(=O)/C(C(=O)C(S)C1CCCCC1)=C(/O)C(C)C. The molecule has 1 N–H and O–H groups in total. The van der Waals surface area contributed by atoms with Crippen LogP contribution in [0, 0.1) is 11.8 Å². The Bertz CT molecular complexity index is 410. The van der Waals surface area contributed by atoms with Gasteiger partial charge in [-0.15, -0.1) is 0 Å². The Labute approximate surface area is 137 Å². The van der Waals surface area contributed by atoms with E-state index in [0.29, 0.717) is 5.75 Å². The van der Waals surface area contributed by atoms with Gasteiger partial charge in [-0.2, -0.15) is 12.6 Å². The third-order valence-electron chi connectivity index (χ3n) is 3.89. The molecule has 1 rings (SSSR count). The second-order valence-electron chi connectivity index (χ2n) is 5.84. The summed E-state index contributed by atoms with van der Waals surface area (Å²) in [6, 6.07) is 0. The van der Waals surface area contributed by atoms with Crippen molar-refractivity contribution in [3.63, 3.8) is 0 Å². The molecule has 0 amide bonds. The molecule has 1 fully saturated rings. The Kier molecular flexibility index (Phi) is 7.88. The summed E-state index contributed by atoms with van der Waals surface area (Å²) in [5.74, 6) is 0.159. The average Bonchev–Trinajstić information content (AvgIpc) is 2.47. The number of rotatable bonds is 6. The van der Waals surface area contributed by atoms with E-state index in [0.717, 1.165) is 37.4 Å². The molecular weight excluding hydrogens is 304 g/mol. The highest BCUT2D eigenvalue weighted by Crippen LogP contribution is 2.32. The van der Waals surface area contributed by atoms with Crippen molar-refractivity contribution in [1.29, 1.82) is 0 Å². The number of carbonyl (C=O) groups excluding carboxylic acids is 2. The van der Waals surface area contributed by atoms with Crippen molar-refractivity contribution < 1.29 is 14.7 Å². The zero-order valence-corrected chi connectivity index (χ0v) is 14.8. The minimum Gasteiger partial charge on any atom is -0.511 e. The average molecular weight is 331 g/mol. The number of aliphatic hydroxyl groups is 1. The molecule has 0 bridgehead atoms. The Hall–Kier alpha value is -0.420. The fourth-order valence-corrected chi connectivity index (χ4v) is 3.67. The van der Waals surface area contributed by atoms with E-state index >= 15 is 0 Å². The summed E-state index contributed by atoms with van der Waals surface area (Å²) in [4.78, 5) is 24.9. The van der Waals surface area contributed by atoms with Gasteiger partial charge in [-0.3, -0.25) is 9.59 Å². The zero-order valence-electron chi connectivity index (χ0n) is 13.1. The first-order valence-corrected chi connectivity index (χ1v) is 9.22. The molecule has 1 aliphatic rings. The maximum atomic E-state index is 12.7. The van der Waals surface area contributed by atoms with Gasteiger partial charge in [-0.25, -0.2) is 0 Å². The van der Waals surface area contributed by atoms with Crippen molar-refractivity contribution >= 4 is 35.3 Å². The van der Waals surface area contributed by atoms with Gasteiger partial charge in [0.25, 0.3) is 0 Å². The van der Waals surface area contributed by atoms with E-state index in [-0.39, 0.29) is 34.1 Å². The summed E-state index contributed by atoms with van der Waals surface area (Å²) in [5.41, 5.74) is -0.0394. The fourth-order valence-electron chi connectivity index (χ4n) is 2.64. The van der Waals surface area contributed by atoms with Crippen molar-refractivity contribution in [3.8, 4) is 0 Å². The van der Waals surface area contributed by atoms with E-state index in [9.17, 15) is 14.7 Å². The number of hydrogen-bond donors (Lipinski definition) is 2. The van der Waals surface area contributed by atoms with Gasteiger partial charge in [-0.05, 0) is 24.5 Å². The number of aliphatic hydroxyl groups excluding tert-OH is 1. The lowest BCUT2D eigenvalue weighted by atomic mass is 9.84. The van der Waals surface area contributed by atoms with Gasteiger partial charge in [0.05, 0.1) is 5.25 Å². The summed E-state index contributed by atoms with van der Waals surface area (Å²) >= 11 is 5.54. The molecule has 120 valence electrons. The maximum Gasteiger partial charge on any atom is 0.226 e. The number of carbonyl (C=O) groups is 2. The second-order valence-corrected chi connectivity index (χ2v) is 7.64. The van der Waals surface area contributed by atoms with Gasteiger partial charge >= 0.3 is 0 Å². The highest BCUT2D eigenvalue weighted by atomic mass is 32.2. The van der Waals surface area contributed by atoms with Crippen LogP contribution in [0.15, 0.2) is 11.3 Å². The van der Waals surface area contributed by atoms with Gasteiger partial charge < -0.3 is 5.11 Å². The minimum atomic E-state index is -0.484. The quantitative estimate of drug-likeness (QED) is 0.252. The molecule has 1 unspecified atom stereocenters. The third-order valence-corrected chi connectivity index (χ3v) is 5.31. The molecule has 0 spiro atoms. The van der Waals surface area contributed by atoms with Crippen molar-refractivity contribution in [2.24, 2.45) is 11.8 Å². The topological polar surface area (TPSA) is 54.4 Å². The van der Waals surface area contributed by atoms with Crippen molar-refractivity contribution in [2.75, 3.05) is 5.75 Å². The molecule has 5 heteroatoms. The zero-order chi connectivity index (χ0) is 16.0. The van der Waals surface area contributed by atoms with Crippen LogP contribution in [0.1, 0.15) is 52.9 Å². The first kappa shape index (κ1) is 18.6. The third kappa shape index (κ3) is 5.06. The molecule has 1 saturated carbocycles. The maximum absolute atomic E-state index is 12.7. The molecule has 0 saturated heterocycles. The molecule has 21 heavy (non-hydrogen) atoms. The lowest BCUT2D eigenvalue weighted by Gasteiger charge is -2.26. The smallest absolute Gasteiger partial charge is 0.226 e. The second kappa shape index (κ2) is 8.89. The van der Waals surface area contributed by atoms with Gasteiger partial charge in [0.15, 0.2) is 5.78 Å². The van der Waals surface area contributed by atoms with Gasteiger partial charge in [0, 0.05) is 5.92 Å². The van der Waals surface area contributed by atoms with E-state index in [1.54, 1.807) is 13.8 Å². The van der Waals surface area contributed by atoms with Crippen LogP contribution in [0.25, 0.3) is 0 Å². The van der Waals surface area contributed by atoms with Gasteiger partial charge in [0.2, 0.25) is 5.12 Å². The van der Waals surface area contributed by atoms with Crippen LogP contribution in [-0.4, -0.2) is 27.0 Å². The summed E-state index contributed by atoms with van der Waals surface area (Å²) in [6.45, 7) is 5.41. The van der Waals surface area contributed by atoms with Crippen LogP contribution in [0.3, 0.4) is 0 Å².